The molecular formula is C9H16ClN3O2S. The maximum Gasteiger partial charge on any atom is 0.214 e. The Morgan fingerprint density at radius 2 is 2.25 bits per heavy atom. The van der Waals surface area contributed by atoms with Crippen molar-refractivity contribution in [3.8, 4) is 0 Å². The molecule has 0 aliphatic heterocycles. The molecule has 0 bridgehead atoms. The van der Waals surface area contributed by atoms with Crippen LogP contribution in [0, 0.1) is 0 Å². The molecule has 1 heterocycles. The van der Waals surface area contributed by atoms with Crippen molar-refractivity contribution in [3.05, 3.63) is 18.2 Å². The molecule has 0 radical (unpaired) electrons. The smallest absolute Gasteiger partial charge is 0.214 e. The predicted octanol–water partition coefficient (Wildman–Crippen LogP) is 0.811. The number of hydrogen-bond acceptors (Lipinski definition) is 3. The summed E-state index contributed by atoms with van der Waals surface area (Å²) in [5, 5.41) is 0. The lowest BCUT2D eigenvalue weighted by molar-refractivity contribution is 0.450. The van der Waals surface area contributed by atoms with E-state index < -0.39 is 10.0 Å². The Labute approximate surface area is 101 Å². The van der Waals surface area contributed by atoms with Crippen molar-refractivity contribution in [2.45, 2.75) is 13.0 Å². The Hall–Kier alpha value is -0.590. The second kappa shape index (κ2) is 5.65. The van der Waals surface area contributed by atoms with Gasteiger partial charge in [0.05, 0.1) is 12.3 Å². The third kappa shape index (κ3) is 3.47. The van der Waals surface area contributed by atoms with Crippen LogP contribution in [0.2, 0.25) is 0 Å². The van der Waals surface area contributed by atoms with Gasteiger partial charge >= 0.3 is 0 Å². The average Bonchev–Trinajstić information content (AvgIpc) is 2.61. The zero-order valence-corrected chi connectivity index (χ0v) is 11.0. The predicted molar refractivity (Wildman–Crippen MR) is 63.8 cm³/mol. The summed E-state index contributed by atoms with van der Waals surface area (Å²) in [5.41, 5.74) is 0. The topological polar surface area (TPSA) is 55.2 Å². The van der Waals surface area contributed by atoms with Gasteiger partial charge in [-0.2, -0.15) is 4.31 Å². The molecule has 16 heavy (non-hydrogen) atoms. The Bertz CT molecular complexity index is 430. The first-order valence-corrected chi connectivity index (χ1v) is 7.08. The van der Waals surface area contributed by atoms with Crippen molar-refractivity contribution in [2.75, 3.05) is 18.7 Å². The molecule has 92 valence electrons. The lowest BCUT2D eigenvalue weighted by Gasteiger charge is -2.16. The number of halogens is 1. The van der Waals surface area contributed by atoms with Gasteiger partial charge in [0.2, 0.25) is 10.0 Å². The van der Waals surface area contributed by atoms with Crippen molar-refractivity contribution in [2.24, 2.45) is 7.05 Å². The zero-order chi connectivity index (χ0) is 12.2. The fourth-order valence-electron chi connectivity index (χ4n) is 1.24. The summed E-state index contributed by atoms with van der Waals surface area (Å²) in [6.07, 6.45) is 3.90. The van der Waals surface area contributed by atoms with Gasteiger partial charge in [-0.1, -0.05) is 0 Å². The van der Waals surface area contributed by atoms with E-state index in [4.69, 9.17) is 11.6 Å². The number of rotatable bonds is 6. The van der Waals surface area contributed by atoms with E-state index in [1.54, 1.807) is 24.0 Å². The van der Waals surface area contributed by atoms with Crippen LogP contribution < -0.4 is 0 Å². The van der Waals surface area contributed by atoms with E-state index in [1.807, 2.05) is 7.05 Å². The van der Waals surface area contributed by atoms with Crippen molar-refractivity contribution >= 4 is 21.6 Å². The van der Waals surface area contributed by atoms with Gasteiger partial charge in [-0.25, -0.2) is 13.4 Å². The van der Waals surface area contributed by atoms with Crippen LogP contribution in [0.4, 0.5) is 0 Å². The SMILES string of the molecule is CN(Cc1nccn1C)S(=O)(=O)CCCCl. The summed E-state index contributed by atoms with van der Waals surface area (Å²) in [5.74, 6) is 1.16. The van der Waals surface area contributed by atoms with Crippen molar-refractivity contribution in [1.29, 1.82) is 0 Å². The molecule has 0 spiro atoms. The van der Waals surface area contributed by atoms with Crippen LogP contribution >= 0.6 is 11.6 Å². The fraction of sp³-hybridized carbons (Fsp3) is 0.667. The first-order chi connectivity index (χ1) is 7.47. The molecule has 0 aromatic carbocycles. The Balaban J connectivity index is 2.65. The number of imidazole rings is 1. The highest BCUT2D eigenvalue weighted by molar-refractivity contribution is 7.89. The molecule has 5 nitrogen and oxygen atoms in total. The van der Waals surface area contributed by atoms with Crippen LogP contribution in [0.5, 0.6) is 0 Å². The number of alkyl halides is 1. The van der Waals surface area contributed by atoms with Crippen LogP contribution in [0.25, 0.3) is 0 Å². The maximum absolute atomic E-state index is 11.8. The molecule has 1 rings (SSSR count). The highest BCUT2D eigenvalue weighted by Crippen LogP contribution is 2.06. The number of aromatic nitrogens is 2. The van der Waals surface area contributed by atoms with Crippen LogP contribution in [0.1, 0.15) is 12.2 Å². The molecule has 0 saturated carbocycles. The largest absolute Gasteiger partial charge is 0.337 e. The third-order valence-electron chi connectivity index (χ3n) is 2.30. The second-order valence-electron chi connectivity index (χ2n) is 3.57. The van der Waals surface area contributed by atoms with Crippen LogP contribution in [0.3, 0.4) is 0 Å². The van der Waals surface area contributed by atoms with Crippen molar-refractivity contribution < 1.29 is 8.42 Å². The summed E-state index contributed by atoms with van der Waals surface area (Å²) < 4.78 is 26.6. The van der Waals surface area contributed by atoms with E-state index in [0.29, 0.717) is 12.3 Å². The van der Waals surface area contributed by atoms with Gasteiger partial charge in [0.1, 0.15) is 5.82 Å². The summed E-state index contributed by atoms with van der Waals surface area (Å²) in [4.78, 5) is 4.08. The fourth-order valence-corrected chi connectivity index (χ4v) is 2.66. The Kier molecular flexibility index (Phi) is 4.76. The molecule has 1 aromatic heterocycles. The molecule has 0 N–H and O–H groups in total. The van der Waals surface area contributed by atoms with E-state index in [-0.39, 0.29) is 12.3 Å². The zero-order valence-electron chi connectivity index (χ0n) is 9.43. The number of hydrogen-bond donors (Lipinski definition) is 0. The minimum atomic E-state index is -3.22. The lowest BCUT2D eigenvalue weighted by atomic mass is 10.6. The Morgan fingerprint density at radius 1 is 1.56 bits per heavy atom. The molecule has 0 amide bonds. The van der Waals surface area contributed by atoms with E-state index in [9.17, 15) is 8.42 Å². The minimum Gasteiger partial charge on any atom is -0.337 e. The van der Waals surface area contributed by atoms with Gasteiger partial charge in [0.15, 0.2) is 0 Å². The lowest BCUT2D eigenvalue weighted by Crippen LogP contribution is -2.30. The third-order valence-corrected chi connectivity index (χ3v) is 4.45. The molecule has 0 aliphatic carbocycles. The monoisotopic (exact) mass is 265 g/mol. The Morgan fingerprint density at radius 3 is 2.75 bits per heavy atom. The molecule has 0 unspecified atom stereocenters. The molecule has 0 aliphatic rings. The van der Waals surface area contributed by atoms with Crippen LogP contribution in [0.15, 0.2) is 12.4 Å². The second-order valence-corrected chi connectivity index (χ2v) is 6.14. The molecule has 0 fully saturated rings. The van der Waals surface area contributed by atoms with Gasteiger partial charge < -0.3 is 4.57 Å². The number of nitrogens with zero attached hydrogens (tertiary/aromatic N) is 3. The average molecular weight is 266 g/mol. The summed E-state index contributed by atoms with van der Waals surface area (Å²) in [7, 11) is 0.169. The standard InChI is InChI=1S/C9H16ClN3O2S/c1-12-6-5-11-9(12)8-13(2)16(14,15)7-3-4-10/h5-6H,3-4,7-8H2,1-2H3. The maximum atomic E-state index is 11.8. The van der Waals surface area contributed by atoms with Gasteiger partial charge in [0, 0.05) is 32.4 Å². The normalized spacial score (nSPS) is 12.2. The van der Waals surface area contributed by atoms with Gasteiger partial charge in [0.25, 0.3) is 0 Å². The first-order valence-electron chi connectivity index (χ1n) is 4.93. The summed E-state index contributed by atoms with van der Waals surface area (Å²) >= 11 is 5.48. The quantitative estimate of drug-likeness (QED) is 0.716. The first kappa shape index (κ1) is 13.5. The van der Waals surface area contributed by atoms with Gasteiger partial charge in [-0.15, -0.1) is 11.6 Å². The summed E-state index contributed by atoms with van der Waals surface area (Å²) in [6, 6.07) is 0. The highest BCUT2D eigenvalue weighted by Gasteiger charge is 2.18. The van der Waals surface area contributed by atoms with Crippen LogP contribution in [-0.4, -0.2) is 41.0 Å². The van der Waals surface area contributed by atoms with Crippen molar-refractivity contribution in [3.63, 3.8) is 0 Å². The number of aryl methyl sites for hydroxylation is 1. The van der Waals surface area contributed by atoms with E-state index in [2.05, 4.69) is 4.98 Å². The van der Waals surface area contributed by atoms with Gasteiger partial charge in [-0.05, 0) is 6.42 Å². The van der Waals surface area contributed by atoms with Crippen LogP contribution in [-0.2, 0) is 23.6 Å². The van der Waals surface area contributed by atoms with E-state index in [1.165, 1.54) is 4.31 Å². The molecule has 0 saturated heterocycles. The highest BCUT2D eigenvalue weighted by atomic mass is 35.5. The minimum absolute atomic E-state index is 0.0808. The number of sulfonamides is 1. The van der Waals surface area contributed by atoms with Crippen molar-refractivity contribution in [1.82, 2.24) is 13.9 Å². The van der Waals surface area contributed by atoms with Gasteiger partial charge in [-0.3, -0.25) is 0 Å². The molecule has 0 atom stereocenters. The molecular weight excluding hydrogens is 250 g/mol. The van der Waals surface area contributed by atoms with E-state index >= 15 is 0 Å². The van der Waals surface area contributed by atoms with E-state index in [0.717, 1.165) is 5.82 Å². The summed E-state index contributed by atoms with van der Waals surface area (Å²) in [6.45, 7) is 0.286. The molecule has 1 aromatic rings. The molecule has 7 heteroatoms.